The lowest BCUT2D eigenvalue weighted by atomic mass is 10.2. The molecule has 0 bridgehead atoms. The molecular formula is C12H14ClN5O2. The first-order valence-electron chi connectivity index (χ1n) is 5.65. The van der Waals surface area contributed by atoms with Crippen molar-refractivity contribution in [2.24, 2.45) is 5.84 Å². The molecule has 106 valence electrons. The molecule has 0 aliphatic heterocycles. The maximum absolute atomic E-state index is 6.10. The number of rotatable bonds is 5. The van der Waals surface area contributed by atoms with Gasteiger partial charge in [-0.15, -0.1) is 0 Å². The molecule has 1 aromatic carbocycles. The topological polar surface area (TPSA) is 94.3 Å². The lowest BCUT2D eigenvalue weighted by Gasteiger charge is -2.13. The molecule has 0 aliphatic carbocycles. The zero-order valence-electron chi connectivity index (χ0n) is 11.0. The molecular weight excluding hydrogens is 282 g/mol. The average molecular weight is 296 g/mol. The summed E-state index contributed by atoms with van der Waals surface area (Å²) in [4.78, 5) is 8.01. The van der Waals surface area contributed by atoms with E-state index in [2.05, 4.69) is 20.7 Å². The van der Waals surface area contributed by atoms with Crippen molar-refractivity contribution in [3.63, 3.8) is 0 Å². The van der Waals surface area contributed by atoms with E-state index in [0.29, 0.717) is 33.8 Å². The smallest absolute Gasteiger partial charge is 0.146 e. The van der Waals surface area contributed by atoms with Crippen LogP contribution in [0.3, 0.4) is 0 Å². The highest BCUT2D eigenvalue weighted by Crippen LogP contribution is 2.37. The largest absolute Gasteiger partial charge is 0.495 e. The summed E-state index contributed by atoms with van der Waals surface area (Å²) >= 11 is 6.10. The fraction of sp³-hybridized carbons (Fsp3) is 0.167. The monoisotopic (exact) mass is 295 g/mol. The molecule has 0 saturated carbocycles. The Morgan fingerprint density at radius 3 is 2.40 bits per heavy atom. The van der Waals surface area contributed by atoms with Crippen molar-refractivity contribution in [3.05, 3.63) is 29.5 Å². The van der Waals surface area contributed by atoms with Gasteiger partial charge in [0.1, 0.15) is 29.5 Å². The van der Waals surface area contributed by atoms with Gasteiger partial charge in [-0.3, -0.25) is 0 Å². The van der Waals surface area contributed by atoms with E-state index < -0.39 is 0 Å². The Bertz CT molecular complexity index is 608. The summed E-state index contributed by atoms with van der Waals surface area (Å²) in [5.74, 6) is 7.44. The second kappa shape index (κ2) is 6.27. The fourth-order valence-corrected chi connectivity index (χ4v) is 1.84. The van der Waals surface area contributed by atoms with E-state index >= 15 is 0 Å². The number of halogens is 1. The lowest BCUT2D eigenvalue weighted by Crippen LogP contribution is -2.09. The van der Waals surface area contributed by atoms with Gasteiger partial charge in [0.15, 0.2) is 0 Å². The molecule has 7 nitrogen and oxygen atoms in total. The second-order valence-electron chi connectivity index (χ2n) is 3.74. The van der Waals surface area contributed by atoms with Gasteiger partial charge in [0.05, 0.1) is 24.9 Å². The maximum atomic E-state index is 6.10. The van der Waals surface area contributed by atoms with E-state index in [1.165, 1.54) is 13.4 Å². The highest BCUT2D eigenvalue weighted by Gasteiger charge is 2.10. The molecule has 0 fully saturated rings. The first kappa shape index (κ1) is 14.2. The third-order valence-electron chi connectivity index (χ3n) is 2.55. The minimum Gasteiger partial charge on any atom is -0.495 e. The standard InChI is InChI=1S/C12H14ClN5O2/c1-19-9-4-10(20-2)8(3-7(9)13)17-11-5-12(18-14)16-6-15-11/h3-6H,14H2,1-2H3,(H2,15,16,17,18). The molecule has 0 saturated heterocycles. The van der Waals surface area contributed by atoms with Crippen LogP contribution in [0.25, 0.3) is 0 Å². The molecule has 1 aromatic heterocycles. The van der Waals surface area contributed by atoms with Crippen LogP contribution in [0.5, 0.6) is 11.5 Å². The summed E-state index contributed by atoms with van der Waals surface area (Å²) in [6, 6.07) is 5.03. The Labute approximate surface area is 121 Å². The molecule has 0 radical (unpaired) electrons. The number of nitrogen functional groups attached to an aromatic ring is 1. The van der Waals surface area contributed by atoms with Gasteiger partial charge >= 0.3 is 0 Å². The van der Waals surface area contributed by atoms with E-state index in [4.69, 9.17) is 26.9 Å². The number of hydrazine groups is 1. The predicted molar refractivity (Wildman–Crippen MR) is 77.7 cm³/mol. The summed E-state index contributed by atoms with van der Waals surface area (Å²) in [7, 11) is 3.10. The van der Waals surface area contributed by atoms with Crippen LogP contribution in [0.15, 0.2) is 24.5 Å². The molecule has 0 aliphatic rings. The van der Waals surface area contributed by atoms with Crippen molar-refractivity contribution >= 4 is 28.9 Å². The molecule has 0 unspecified atom stereocenters. The Morgan fingerprint density at radius 1 is 1.05 bits per heavy atom. The third-order valence-corrected chi connectivity index (χ3v) is 2.85. The Hall–Kier alpha value is -2.25. The Kier molecular flexibility index (Phi) is 4.44. The van der Waals surface area contributed by atoms with E-state index in [0.717, 1.165) is 0 Å². The number of nitrogens with zero attached hydrogens (tertiary/aromatic N) is 2. The average Bonchev–Trinajstić information content (AvgIpc) is 2.48. The van der Waals surface area contributed by atoms with Crippen LogP contribution in [0.4, 0.5) is 17.3 Å². The summed E-state index contributed by atoms with van der Waals surface area (Å²) < 4.78 is 10.4. The Morgan fingerprint density at radius 2 is 1.75 bits per heavy atom. The van der Waals surface area contributed by atoms with Gasteiger partial charge in [-0.25, -0.2) is 15.8 Å². The minimum absolute atomic E-state index is 0.460. The number of nitrogens with two attached hydrogens (primary N) is 1. The van der Waals surface area contributed by atoms with Crippen molar-refractivity contribution in [1.29, 1.82) is 0 Å². The van der Waals surface area contributed by atoms with Gasteiger partial charge in [0, 0.05) is 12.1 Å². The first-order chi connectivity index (χ1) is 9.67. The quantitative estimate of drug-likeness (QED) is 0.575. The number of anilines is 3. The molecule has 20 heavy (non-hydrogen) atoms. The zero-order valence-corrected chi connectivity index (χ0v) is 11.7. The maximum Gasteiger partial charge on any atom is 0.146 e. The SMILES string of the molecule is COc1cc(OC)c(Nc2cc(NN)ncn2)cc1Cl. The van der Waals surface area contributed by atoms with Crippen LogP contribution < -0.4 is 26.1 Å². The van der Waals surface area contributed by atoms with Crippen LogP contribution in [0.1, 0.15) is 0 Å². The second-order valence-corrected chi connectivity index (χ2v) is 4.15. The fourth-order valence-electron chi connectivity index (χ4n) is 1.60. The molecule has 2 aromatic rings. The van der Waals surface area contributed by atoms with Crippen molar-refractivity contribution in [2.45, 2.75) is 0 Å². The molecule has 0 amide bonds. The summed E-state index contributed by atoms with van der Waals surface area (Å²) in [6.45, 7) is 0. The van der Waals surface area contributed by atoms with E-state index in [-0.39, 0.29) is 0 Å². The number of hydrogen-bond acceptors (Lipinski definition) is 7. The Balaban J connectivity index is 2.34. The number of hydrogen-bond donors (Lipinski definition) is 3. The highest BCUT2D eigenvalue weighted by molar-refractivity contribution is 6.32. The predicted octanol–water partition coefficient (Wildman–Crippen LogP) is 2.18. The van der Waals surface area contributed by atoms with Gasteiger partial charge in [0.2, 0.25) is 0 Å². The molecule has 1 heterocycles. The summed E-state index contributed by atoms with van der Waals surface area (Å²) in [5.41, 5.74) is 3.10. The van der Waals surface area contributed by atoms with E-state index in [1.807, 2.05) is 0 Å². The van der Waals surface area contributed by atoms with Crippen LogP contribution in [-0.2, 0) is 0 Å². The number of ether oxygens (including phenoxy) is 2. The van der Waals surface area contributed by atoms with Crippen molar-refractivity contribution in [1.82, 2.24) is 9.97 Å². The summed E-state index contributed by atoms with van der Waals surface area (Å²) in [5, 5.41) is 3.54. The number of methoxy groups -OCH3 is 2. The van der Waals surface area contributed by atoms with Crippen molar-refractivity contribution in [2.75, 3.05) is 25.0 Å². The first-order valence-corrected chi connectivity index (χ1v) is 6.03. The van der Waals surface area contributed by atoms with Crippen molar-refractivity contribution < 1.29 is 9.47 Å². The van der Waals surface area contributed by atoms with Gasteiger partial charge < -0.3 is 20.2 Å². The van der Waals surface area contributed by atoms with Crippen LogP contribution in [0, 0.1) is 0 Å². The van der Waals surface area contributed by atoms with E-state index in [9.17, 15) is 0 Å². The number of aromatic nitrogens is 2. The van der Waals surface area contributed by atoms with Gasteiger partial charge in [-0.2, -0.15) is 0 Å². The molecule has 8 heteroatoms. The lowest BCUT2D eigenvalue weighted by molar-refractivity contribution is 0.396. The number of benzene rings is 1. The van der Waals surface area contributed by atoms with E-state index in [1.54, 1.807) is 25.3 Å². The van der Waals surface area contributed by atoms with Gasteiger partial charge in [0.25, 0.3) is 0 Å². The van der Waals surface area contributed by atoms with Crippen LogP contribution in [0.2, 0.25) is 5.02 Å². The van der Waals surface area contributed by atoms with Crippen LogP contribution >= 0.6 is 11.6 Å². The third kappa shape index (κ3) is 3.01. The van der Waals surface area contributed by atoms with Gasteiger partial charge in [-0.05, 0) is 6.07 Å². The van der Waals surface area contributed by atoms with Crippen LogP contribution in [-0.4, -0.2) is 24.2 Å². The molecule has 0 spiro atoms. The molecule has 0 atom stereocenters. The highest BCUT2D eigenvalue weighted by atomic mass is 35.5. The summed E-state index contributed by atoms with van der Waals surface area (Å²) in [6.07, 6.45) is 1.38. The minimum atomic E-state index is 0.460. The zero-order chi connectivity index (χ0) is 14.5. The molecule has 4 N–H and O–H groups in total. The van der Waals surface area contributed by atoms with Crippen molar-refractivity contribution in [3.8, 4) is 11.5 Å². The molecule has 2 rings (SSSR count). The van der Waals surface area contributed by atoms with Gasteiger partial charge in [-0.1, -0.05) is 11.6 Å². The normalized spacial score (nSPS) is 10.0. The number of nitrogens with one attached hydrogen (secondary N) is 2.